The maximum absolute atomic E-state index is 12.7. The first-order chi connectivity index (χ1) is 12.5. The van der Waals surface area contributed by atoms with E-state index in [0.717, 1.165) is 21.6 Å². The van der Waals surface area contributed by atoms with Crippen LogP contribution in [0.25, 0.3) is 0 Å². The number of hydrogen-bond acceptors (Lipinski definition) is 4. The van der Waals surface area contributed by atoms with Gasteiger partial charge in [-0.25, -0.2) is 9.69 Å². The van der Waals surface area contributed by atoms with Gasteiger partial charge >= 0.3 is 6.09 Å². The van der Waals surface area contributed by atoms with Gasteiger partial charge in [-0.15, -0.1) is 0 Å². The molecule has 1 saturated heterocycles. The molecule has 3 rings (SSSR count). The zero-order chi connectivity index (χ0) is 18.7. The van der Waals surface area contributed by atoms with Crippen LogP contribution in [0.2, 0.25) is 0 Å². The van der Waals surface area contributed by atoms with Crippen molar-refractivity contribution in [2.45, 2.75) is 19.9 Å². The Labute approximate surface area is 151 Å². The molecule has 0 bridgehead atoms. The van der Waals surface area contributed by atoms with Crippen molar-refractivity contribution < 1.29 is 19.1 Å². The summed E-state index contributed by atoms with van der Waals surface area (Å²) in [5, 5.41) is 2.92. The first kappa shape index (κ1) is 17.7. The Hall–Kier alpha value is -3.15. The topological polar surface area (TPSA) is 75.7 Å². The number of carbonyl (C=O) groups excluding carboxylic acids is 3. The number of ether oxygens (including phenoxy) is 1. The third-order valence-corrected chi connectivity index (χ3v) is 4.48. The summed E-state index contributed by atoms with van der Waals surface area (Å²) in [5.41, 5.74) is 3.46. The third-order valence-electron chi connectivity index (χ3n) is 4.48. The van der Waals surface area contributed by atoms with Crippen LogP contribution in [0.5, 0.6) is 0 Å². The van der Waals surface area contributed by atoms with E-state index in [2.05, 4.69) is 5.32 Å². The van der Waals surface area contributed by atoms with Gasteiger partial charge in [-0.05, 0) is 42.7 Å². The lowest BCUT2D eigenvalue weighted by Crippen LogP contribution is -2.40. The number of nitrogens with one attached hydrogen (secondary N) is 1. The van der Waals surface area contributed by atoms with Gasteiger partial charge < -0.3 is 10.1 Å². The number of nitrogens with zero attached hydrogens (tertiary/aromatic N) is 1. The summed E-state index contributed by atoms with van der Waals surface area (Å²) < 4.78 is 4.76. The zero-order valence-corrected chi connectivity index (χ0v) is 14.7. The molecule has 26 heavy (non-hydrogen) atoms. The minimum Gasteiger partial charge on any atom is -0.439 e. The molecule has 1 atom stereocenters. The molecule has 134 valence electrons. The Bertz CT molecular complexity index is 832. The van der Waals surface area contributed by atoms with Gasteiger partial charge in [0, 0.05) is 5.56 Å². The molecule has 6 heteroatoms. The molecule has 3 amide bonds. The lowest BCUT2D eigenvalue weighted by molar-refractivity contribution is -0.126. The normalized spacial score (nSPS) is 14.9. The lowest BCUT2D eigenvalue weighted by Gasteiger charge is -2.23. The van der Waals surface area contributed by atoms with Crippen molar-refractivity contribution in [1.29, 1.82) is 0 Å². The Balaban J connectivity index is 1.83. The number of benzene rings is 2. The smallest absolute Gasteiger partial charge is 0.417 e. The van der Waals surface area contributed by atoms with Crippen molar-refractivity contribution in [3.63, 3.8) is 0 Å². The van der Waals surface area contributed by atoms with E-state index in [1.165, 1.54) is 0 Å². The molecule has 2 aromatic carbocycles. The van der Waals surface area contributed by atoms with Gasteiger partial charge in [-0.1, -0.05) is 36.4 Å². The van der Waals surface area contributed by atoms with E-state index in [1.807, 2.05) is 56.3 Å². The third kappa shape index (κ3) is 3.74. The van der Waals surface area contributed by atoms with Gasteiger partial charge in [0.1, 0.15) is 0 Å². The van der Waals surface area contributed by atoms with Gasteiger partial charge in [0.05, 0.1) is 12.6 Å². The summed E-state index contributed by atoms with van der Waals surface area (Å²) >= 11 is 0. The summed E-state index contributed by atoms with van der Waals surface area (Å²) in [6.07, 6.45) is -0.684. The largest absolute Gasteiger partial charge is 0.439 e. The van der Waals surface area contributed by atoms with Crippen LogP contribution in [0.1, 0.15) is 33.1 Å². The predicted octanol–water partition coefficient (Wildman–Crippen LogP) is 2.75. The fraction of sp³-hybridized carbons (Fsp3) is 0.250. The molecule has 2 aromatic rings. The molecule has 1 aliphatic rings. The molecule has 1 heterocycles. The highest BCUT2D eigenvalue weighted by atomic mass is 16.6. The zero-order valence-electron chi connectivity index (χ0n) is 14.7. The molecule has 0 aromatic heterocycles. The van der Waals surface area contributed by atoms with Crippen LogP contribution in [0.15, 0.2) is 48.5 Å². The number of cyclic esters (lactones) is 1. The second-order valence-electron chi connectivity index (χ2n) is 6.29. The second-order valence-corrected chi connectivity index (χ2v) is 6.29. The number of rotatable bonds is 5. The summed E-state index contributed by atoms with van der Waals surface area (Å²) in [4.78, 5) is 37.3. The van der Waals surface area contributed by atoms with Gasteiger partial charge in [-0.2, -0.15) is 0 Å². The van der Waals surface area contributed by atoms with E-state index in [9.17, 15) is 14.4 Å². The van der Waals surface area contributed by atoms with E-state index in [1.54, 1.807) is 6.07 Å². The van der Waals surface area contributed by atoms with Crippen molar-refractivity contribution in [3.8, 4) is 0 Å². The molecule has 1 fully saturated rings. The number of hydrogen-bond donors (Lipinski definition) is 1. The Morgan fingerprint density at radius 2 is 1.85 bits per heavy atom. The van der Waals surface area contributed by atoms with Crippen LogP contribution in [-0.4, -0.2) is 36.0 Å². The van der Waals surface area contributed by atoms with Crippen molar-refractivity contribution >= 4 is 17.9 Å². The van der Waals surface area contributed by atoms with E-state index >= 15 is 0 Å². The molecule has 1 aliphatic heterocycles. The number of aryl methyl sites for hydroxylation is 2. The van der Waals surface area contributed by atoms with Crippen LogP contribution in [0, 0.1) is 13.8 Å². The van der Waals surface area contributed by atoms with Gasteiger partial charge in [-0.3, -0.25) is 9.59 Å². The molecular weight excluding hydrogens is 332 g/mol. The first-order valence-electron chi connectivity index (χ1n) is 8.36. The maximum atomic E-state index is 12.7. The highest BCUT2D eigenvalue weighted by Gasteiger charge is 2.33. The van der Waals surface area contributed by atoms with Gasteiger partial charge in [0.25, 0.3) is 11.8 Å². The Morgan fingerprint density at radius 3 is 2.46 bits per heavy atom. The van der Waals surface area contributed by atoms with Crippen LogP contribution in [0.4, 0.5) is 4.79 Å². The van der Waals surface area contributed by atoms with Crippen molar-refractivity contribution in [3.05, 3.63) is 70.8 Å². The summed E-state index contributed by atoms with van der Waals surface area (Å²) in [6, 6.07) is 14.2. The van der Waals surface area contributed by atoms with E-state index in [4.69, 9.17) is 4.74 Å². The number of amides is 3. The van der Waals surface area contributed by atoms with E-state index in [-0.39, 0.29) is 19.1 Å². The molecule has 1 unspecified atom stereocenters. The Morgan fingerprint density at radius 1 is 1.12 bits per heavy atom. The fourth-order valence-electron chi connectivity index (χ4n) is 2.78. The monoisotopic (exact) mass is 352 g/mol. The maximum Gasteiger partial charge on any atom is 0.417 e. The molecule has 1 N–H and O–H groups in total. The molecular formula is C20H20N2O4. The number of imide groups is 1. The van der Waals surface area contributed by atoms with Gasteiger partial charge in [0.2, 0.25) is 0 Å². The number of carbonyl (C=O) groups is 3. The average Bonchev–Trinajstić information content (AvgIpc) is 2.96. The van der Waals surface area contributed by atoms with Crippen LogP contribution in [0.3, 0.4) is 0 Å². The molecule has 0 spiro atoms. The molecule has 0 aliphatic carbocycles. The summed E-state index contributed by atoms with van der Waals surface area (Å²) in [7, 11) is 0. The van der Waals surface area contributed by atoms with E-state index in [0.29, 0.717) is 5.56 Å². The molecule has 0 saturated carbocycles. The van der Waals surface area contributed by atoms with E-state index < -0.39 is 18.0 Å². The summed E-state index contributed by atoms with van der Waals surface area (Å²) in [5.74, 6) is -0.668. The van der Waals surface area contributed by atoms with Crippen molar-refractivity contribution in [2.75, 3.05) is 13.2 Å². The molecule has 0 radical (unpaired) electrons. The second kappa shape index (κ2) is 7.39. The minimum absolute atomic E-state index is 0.0261. The van der Waals surface area contributed by atoms with Crippen LogP contribution >= 0.6 is 0 Å². The highest BCUT2D eigenvalue weighted by molar-refractivity contribution is 5.98. The standard InChI is InChI=1S/C20H20N2O4/c1-13-8-9-16(10-14(13)2)19(24)21-17(15-6-4-3-5-7-15)11-22-18(23)12-26-20(22)25/h3-10,17H,11-12H2,1-2H3,(H,21,24). The van der Waals surface area contributed by atoms with Gasteiger partial charge in [0.15, 0.2) is 6.61 Å². The highest BCUT2D eigenvalue weighted by Crippen LogP contribution is 2.19. The van der Waals surface area contributed by atoms with Crippen LogP contribution in [-0.2, 0) is 9.53 Å². The van der Waals surface area contributed by atoms with Crippen molar-refractivity contribution in [2.24, 2.45) is 0 Å². The Kier molecular flexibility index (Phi) is 5.02. The quantitative estimate of drug-likeness (QED) is 0.898. The van der Waals surface area contributed by atoms with Crippen LogP contribution < -0.4 is 5.32 Å². The molecule has 6 nitrogen and oxygen atoms in total. The van der Waals surface area contributed by atoms with Crippen molar-refractivity contribution in [1.82, 2.24) is 10.2 Å². The predicted molar refractivity (Wildman–Crippen MR) is 95.6 cm³/mol. The minimum atomic E-state index is -0.684. The summed E-state index contributed by atoms with van der Waals surface area (Å²) in [6.45, 7) is 3.69. The SMILES string of the molecule is Cc1ccc(C(=O)NC(CN2C(=O)COC2=O)c2ccccc2)cc1C. The lowest BCUT2D eigenvalue weighted by atomic mass is 10.0. The fourth-order valence-corrected chi connectivity index (χ4v) is 2.78. The average molecular weight is 352 g/mol. The first-order valence-corrected chi connectivity index (χ1v) is 8.36.